The van der Waals surface area contributed by atoms with Crippen molar-refractivity contribution in [2.45, 2.75) is 65.1 Å². The lowest BCUT2D eigenvalue weighted by atomic mass is 9.81. The van der Waals surface area contributed by atoms with Crippen LogP contribution in [0.25, 0.3) is 0 Å². The highest BCUT2D eigenvalue weighted by atomic mass is 35.5. The van der Waals surface area contributed by atoms with Crippen LogP contribution in [0.4, 0.5) is 0 Å². The number of aromatic nitrogens is 2. The van der Waals surface area contributed by atoms with E-state index in [0.717, 1.165) is 30.1 Å². The highest BCUT2D eigenvalue weighted by Crippen LogP contribution is 2.39. The highest BCUT2D eigenvalue weighted by Gasteiger charge is 2.41. The molecule has 0 fully saturated rings. The SMILES string of the molecule is CCNC(c1c(Cl)cnn1C(C)C)C(CC)(CC)N(C)C. The van der Waals surface area contributed by atoms with E-state index in [9.17, 15) is 0 Å². The molecular formula is C16H31ClN4. The molecule has 1 aromatic rings. The Kier molecular flexibility index (Phi) is 6.70. The van der Waals surface area contributed by atoms with Crippen LogP contribution in [-0.4, -0.2) is 40.9 Å². The number of rotatable bonds is 8. The van der Waals surface area contributed by atoms with E-state index in [-0.39, 0.29) is 11.6 Å². The third-order valence-corrected chi connectivity index (χ3v) is 4.90. The van der Waals surface area contributed by atoms with Gasteiger partial charge in [0.1, 0.15) is 0 Å². The lowest BCUT2D eigenvalue weighted by Crippen LogP contribution is -2.53. The van der Waals surface area contributed by atoms with Crippen LogP contribution in [0.15, 0.2) is 6.20 Å². The maximum Gasteiger partial charge on any atom is 0.0835 e. The number of hydrogen-bond acceptors (Lipinski definition) is 3. The Hall–Kier alpha value is -0.580. The van der Waals surface area contributed by atoms with E-state index >= 15 is 0 Å². The summed E-state index contributed by atoms with van der Waals surface area (Å²) in [4.78, 5) is 2.33. The largest absolute Gasteiger partial charge is 0.307 e. The predicted molar refractivity (Wildman–Crippen MR) is 91.0 cm³/mol. The Balaban J connectivity index is 3.45. The van der Waals surface area contributed by atoms with Gasteiger partial charge in [0, 0.05) is 11.6 Å². The monoisotopic (exact) mass is 314 g/mol. The molecule has 1 N–H and O–H groups in total. The molecule has 5 heteroatoms. The quantitative estimate of drug-likeness (QED) is 0.790. The number of likely N-dealkylation sites (N-methyl/N-ethyl adjacent to an activating group) is 2. The number of nitrogens with zero attached hydrogens (tertiary/aromatic N) is 3. The molecule has 4 nitrogen and oxygen atoms in total. The number of halogens is 1. The van der Waals surface area contributed by atoms with Crippen LogP contribution >= 0.6 is 11.6 Å². The van der Waals surface area contributed by atoms with Crippen LogP contribution in [0.2, 0.25) is 5.02 Å². The zero-order valence-electron chi connectivity index (χ0n) is 14.6. The summed E-state index contributed by atoms with van der Waals surface area (Å²) in [5.41, 5.74) is 1.12. The molecule has 0 bridgehead atoms. The molecule has 0 spiro atoms. The van der Waals surface area contributed by atoms with Gasteiger partial charge in [-0.05, 0) is 47.3 Å². The molecule has 0 amide bonds. The van der Waals surface area contributed by atoms with Crippen molar-refractivity contribution in [2.24, 2.45) is 0 Å². The fourth-order valence-corrected chi connectivity index (χ4v) is 3.57. The van der Waals surface area contributed by atoms with Crippen molar-refractivity contribution >= 4 is 11.6 Å². The molecule has 1 rings (SSSR count). The van der Waals surface area contributed by atoms with Gasteiger partial charge in [0.05, 0.1) is 23.0 Å². The van der Waals surface area contributed by atoms with Crippen molar-refractivity contribution in [3.05, 3.63) is 16.9 Å². The van der Waals surface area contributed by atoms with Crippen molar-refractivity contribution < 1.29 is 0 Å². The van der Waals surface area contributed by atoms with Gasteiger partial charge in [-0.2, -0.15) is 5.10 Å². The van der Waals surface area contributed by atoms with Crippen LogP contribution in [0.1, 0.15) is 65.2 Å². The standard InChI is InChI=1S/C16H31ClN4/c1-8-16(9-2,20(6)7)15(18-10-3)14-13(17)11-19-21(14)12(4)5/h11-12,15,18H,8-10H2,1-7H3. The van der Waals surface area contributed by atoms with Gasteiger partial charge in [0.15, 0.2) is 0 Å². The Labute approximate surface area is 134 Å². The van der Waals surface area contributed by atoms with Crippen molar-refractivity contribution in [3.8, 4) is 0 Å². The fraction of sp³-hybridized carbons (Fsp3) is 0.812. The first-order valence-corrected chi connectivity index (χ1v) is 8.37. The summed E-state index contributed by atoms with van der Waals surface area (Å²) in [6, 6.07) is 0.451. The van der Waals surface area contributed by atoms with Crippen molar-refractivity contribution in [1.29, 1.82) is 0 Å². The molecule has 0 aliphatic rings. The lowest BCUT2D eigenvalue weighted by molar-refractivity contribution is 0.0841. The van der Waals surface area contributed by atoms with Crippen LogP contribution < -0.4 is 5.32 Å². The van der Waals surface area contributed by atoms with E-state index < -0.39 is 0 Å². The van der Waals surface area contributed by atoms with Crippen LogP contribution in [0.3, 0.4) is 0 Å². The maximum atomic E-state index is 6.50. The molecular weight excluding hydrogens is 284 g/mol. The maximum absolute atomic E-state index is 6.50. The molecule has 0 aliphatic carbocycles. The summed E-state index contributed by atoms with van der Waals surface area (Å²) >= 11 is 6.50. The summed E-state index contributed by atoms with van der Waals surface area (Å²) in [6.07, 6.45) is 3.87. The first kappa shape index (κ1) is 18.5. The van der Waals surface area contributed by atoms with Gasteiger partial charge in [-0.3, -0.25) is 4.68 Å². The van der Waals surface area contributed by atoms with Crippen molar-refractivity contribution in [2.75, 3.05) is 20.6 Å². The van der Waals surface area contributed by atoms with Crippen LogP contribution in [-0.2, 0) is 0 Å². The molecule has 1 unspecified atom stereocenters. The van der Waals surface area contributed by atoms with E-state index in [0.29, 0.717) is 6.04 Å². The zero-order chi connectivity index (χ0) is 16.2. The lowest BCUT2D eigenvalue weighted by Gasteiger charge is -2.45. The molecule has 0 saturated heterocycles. The minimum absolute atomic E-state index is 0.0202. The number of hydrogen-bond donors (Lipinski definition) is 1. The minimum atomic E-state index is 0.0202. The van der Waals surface area contributed by atoms with Crippen LogP contribution in [0, 0.1) is 0 Å². The first-order valence-electron chi connectivity index (χ1n) is 7.99. The van der Waals surface area contributed by atoms with Crippen LogP contribution in [0.5, 0.6) is 0 Å². The Bertz CT molecular complexity index is 435. The van der Waals surface area contributed by atoms with Gasteiger partial charge in [-0.1, -0.05) is 32.4 Å². The van der Waals surface area contributed by atoms with Gasteiger partial charge in [-0.15, -0.1) is 0 Å². The van der Waals surface area contributed by atoms with E-state index in [1.807, 2.05) is 0 Å². The smallest absolute Gasteiger partial charge is 0.0835 e. The first-order chi connectivity index (χ1) is 9.85. The predicted octanol–water partition coefficient (Wildman–Crippen LogP) is 3.89. The number of nitrogens with one attached hydrogen (secondary N) is 1. The second-order valence-electron chi connectivity index (χ2n) is 6.11. The minimum Gasteiger partial charge on any atom is -0.307 e. The van der Waals surface area contributed by atoms with Gasteiger partial charge in [-0.25, -0.2) is 0 Å². The zero-order valence-corrected chi connectivity index (χ0v) is 15.3. The fourth-order valence-electron chi connectivity index (χ4n) is 3.33. The molecule has 0 aromatic carbocycles. The van der Waals surface area contributed by atoms with Crippen molar-refractivity contribution in [3.63, 3.8) is 0 Å². The molecule has 1 heterocycles. The molecule has 0 aliphatic heterocycles. The second-order valence-corrected chi connectivity index (χ2v) is 6.52. The summed E-state index contributed by atoms with van der Waals surface area (Å²) in [5, 5.41) is 8.90. The molecule has 21 heavy (non-hydrogen) atoms. The van der Waals surface area contributed by atoms with Gasteiger partial charge < -0.3 is 10.2 Å². The molecule has 0 saturated carbocycles. The molecule has 0 radical (unpaired) electrons. The van der Waals surface area contributed by atoms with Crippen molar-refractivity contribution in [1.82, 2.24) is 20.0 Å². The summed E-state index contributed by atoms with van der Waals surface area (Å²) in [7, 11) is 4.31. The Morgan fingerprint density at radius 2 is 1.86 bits per heavy atom. The Morgan fingerprint density at radius 3 is 2.24 bits per heavy atom. The second kappa shape index (κ2) is 7.61. The summed E-state index contributed by atoms with van der Waals surface area (Å²) < 4.78 is 2.05. The van der Waals surface area contributed by atoms with E-state index in [1.165, 1.54) is 0 Å². The molecule has 1 aromatic heterocycles. The highest BCUT2D eigenvalue weighted by molar-refractivity contribution is 6.31. The van der Waals surface area contributed by atoms with E-state index in [4.69, 9.17) is 11.6 Å². The van der Waals surface area contributed by atoms with Gasteiger partial charge in [0.25, 0.3) is 0 Å². The summed E-state index contributed by atoms with van der Waals surface area (Å²) in [5.74, 6) is 0. The Morgan fingerprint density at radius 1 is 1.29 bits per heavy atom. The molecule has 122 valence electrons. The van der Waals surface area contributed by atoms with E-state index in [1.54, 1.807) is 6.20 Å². The third-order valence-electron chi connectivity index (χ3n) is 4.61. The van der Waals surface area contributed by atoms with E-state index in [2.05, 4.69) is 68.7 Å². The van der Waals surface area contributed by atoms with Gasteiger partial charge in [0.2, 0.25) is 0 Å². The average Bonchev–Trinajstić information content (AvgIpc) is 2.81. The third kappa shape index (κ3) is 3.43. The summed E-state index contributed by atoms with van der Waals surface area (Å²) in [6.45, 7) is 11.8. The average molecular weight is 315 g/mol. The molecule has 1 atom stereocenters. The normalized spacial score (nSPS) is 14.2. The topological polar surface area (TPSA) is 33.1 Å². The van der Waals surface area contributed by atoms with Gasteiger partial charge >= 0.3 is 0 Å².